The van der Waals surface area contributed by atoms with Crippen LogP contribution >= 0.6 is 0 Å². The van der Waals surface area contributed by atoms with Gasteiger partial charge < -0.3 is 5.73 Å². The Morgan fingerprint density at radius 3 is 2.70 bits per heavy atom. The molecular formula is C10H11F2N5O2S. The zero-order valence-electron chi connectivity index (χ0n) is 10.3. The summed E-state index contributed by atoms with van der Waals surface area (Å²) < 4.78 is 53.0. The molecule has 0 aliphatic heterocycles. The normalized spacial score (nSPS) is 13.3. The fraction of sp³-hybridized carbons (Fsp3) is 0.200. The molecule has 1 aromatic carbocycles. The van der Waals surface area contributed by atoms with Crippen molar-refractivity contribution in [1.29, 1.82) is 0 Å². The fourth-order valence-corrected chi connectivity index (χ4v) is 2.88. The van der Waals surface area contributed by atoms with Crippen molar-refractivity contribution < 1.29 is 17.2 Å². The molecule has 0 aliphatic rings. The third-order valence-corrected chi connectivity index (χ3v) is 4.02. The van der Waals surface area contributed by atoms with Crippen molar-refractivity contribution in [2.75, 3.05) is 5.73 Å². The molecule has 0 amide bonds. The average molecular weight is 303 g/mol. The summed E-state index contributed by atoms with van der Waals surface area (Å²) in [5.41, 5.74) is 5.13. The molecule has 0 spiro atoms. The standard InChI is InChI=1S/C10H11F2N5O2S/c1-5(10-14-4-15-16-10)17-20(18,19)8-3-6(13)2-7(11)9(8)12/h2-5,17H,13H2,1H3,(H,14,15,16). The van der Waals surface area contributed by atoms with E-state index >= 15 is 0 Å². The maximum absolute atomic E-state index is 13.6. The lowest BCUT2D eigenvalue weighted by Gasteiger charge is -2.13. The van der Waals surface area contributed by atoms with Gasteiger partial charge in [0, 0.05) is 5.69 Å². The molecule has 0 saturated carbocycles. The quantitative estimate of drug-likeness (QED) is 0.720. The van der Waals surface area contributed by atoms with Gasteiger partial charge in [-0.3, -0.25) is 5.10 Å². The van der Waals surface area contributed by atoms with E-state index in [0.717, 1.165) is 6.07 Å². The number of sulfonamides is 1. The molecule has 0 saturated heterocycles. The zero-order valence-corrected chi connectivity index (χ0v) is 11.1. The van der Waals surface area contributed by atoms with E-state index in [9.17, 15) is 17.2 Å². The first-order valence-corrected chi connectivity index (χ1v) is 6.91. The third-order valence-electron chi connectivity index (χ3n) is 2.48. The van der Waals surface area contributed by atoms with Crippen molar-refractivity contribution in [2.45, 2.75) is 17.9 Å². The van der Waals surface area contributed by atoms with Gasteiger partial charge in [0.2, 0.25) is 10.0 Å². The Morgan fingerprint density at radius 1 is 1.40 bits per heavy atom. The summed E-state index contributed by atoms with van der Waals surface area (Å²) in [4.78, 5) is 2.91. The van der Waals surface area contributed by atoms with Crippen LogP contribution in [0, 0.1) is 11.6 Å². The van der Waals surface area contributed by atoms with E-state index in [-0.39, 0.29) is 11.5 Å². The summed E-state index contributed by atoms with van der Waals surface area (Å²) in [6, 6.07) is 0.744. The molecule has 0 radical (unpaired) electrons. The van der Waals surface area contributed by atoms with Gasteiger partial charge in [-0.25, -0.2) is 26.9 Å². The highest BCUT2D eigenvalue weighted by Crippen LogP contribution is 2.22. The van der Waals surface area contributed by atoms with Gasteiger partial charge in [-0.05, 0) is 19.1 Å². The van der Waals surface area contributed by atoms with Crippen LogP contribution in [0.15, 0.2) is 23.4 Å². The SMILES string of the molecule is CC(NS(=O)(=O)c1cc(N)cc(F)c1F)c1ncn[nH]1. The van der Waals surface area contributed by atoms with Crippen LogP contribution in [-0.2, 0) is 10.0 Å². The van der Waals surface area contributed by atoms with E-state index in [0.29, 0.717) is 6.07 Å². The lowest BCUT2D eigenvalue weighted by atomic mass is 10.3. The van der Waals surface area contributed by atoms with Crippen molar-refractivity contribution in [1.82, 2.24) is 19.9 Å². The Hall–Kier alpha value is -2.07. The summed E-state index contributed by atoms with van der Waals surface area (Å²) in [5.74, 6) is -2.59. The monoisotopic (exact) mass is 303 g/mol. The van der Waals surface area contributed by atoms with E-state index in [4.69, 9.17) is 5.73 Å². The number of H-pyrrole nitrogens is 1. The van der Waals surface area contributed by atoms with Crippen LogP contribution in [0.1, 0.15) is 18.8 Å². The van der Waals surface area contributed by atoms with Crippen molar-refractivity contribution in [3.8, 4) is 0 Å². The first-order valence-electron chi connectivity index (χ1n) is 5.43. The number of hydrogen-bond donors (Lipinski definition) is 3. The number of benzene rings is 1. The van der Waals surface area contributed by atoms with Crippen molar-refractivity contribution in [3.63, 3.8) is 0 Å². The minimum atomic E-state index is -4.29. The second kappa shape index (κ2) is 5.13. The largest absolute Gasteiger partial charge is 0.399 e. The number of hydrogen-bond acceptors (Lipinski definition) is 5. The molecule has 1 unspecified atom stereocenters. The van der Waals surface area contributed by atoms with Crippen molar-refractivity contribution in [3.05, 3.63) is 35.9 Å². The molecule has 1 heterocycles. The summed E-state index contributed by atoms with van der Waals surface area (Å²) in [5, 5.41) is 6.03. The predicted octanol–water partition coefficient (Wildman–Crippen LogP) is 0.705. The van der Waals surface area contributed by atoms with Gasteiger partial charge in [-0.15, -0.1) is 0 Å². The molecule has 4 N–H and O–H groups in total. The highest BCUT2D eigenvalue weighted by atomic mass is 32.2. The molecule has 0 bridgehead atoms. The lowest BCUT2D eigenvalue weighted by Crippen LogP contribution is -2.28. The van der Waals surface area contributed by atoms with Gasteiger partial charge in [0.1, 0.15) is 17.0 Å². The first-order chi connectivity index (χ1) is 9.31. The second-order valence-corrected chi connectivity index (χ2v) is 5.71. The van der Waals surface area contributed by atoms with Gasteiger partial charge in [0.15, 0.2) is 11.6 Å². The first kappa shape index (κ1) is 14.3. The smallest absolute Gasteiger partial charge is 0.244 e. The highest BCUT2D eigenvalue weighted by Gasteiger charge is 2.25. The van der Waals surface area contributed by atoms with Crippen LogP contribution in [-0.4, -0.2) is 23.6 Å². The molecule has 108 valence electrons. The molecule has 0 aliphatic carbocycles. The van der Waals surface area contributed by atoms with Crippen LogP contribution in [0.5, 0.6) is 0 Å². The fourth-order valence-electron chi connectivity index (χ4n) is 1.55. The van der Waals surface area contributed by atoms with Gasteiger partial charge >= 0.3 is 0 Å². The summed E-state index contributed by atoms with van der Waals surface area (Å²) in [6.07, 6.45) is 1.20. The number of anilines is 1. The zero-order chi connectivity index (χ0) is 14.9. The number of nitrogens with two attached hydrogens (primary N) is 1. The number of rotatable bonds is 4. The molecule has 1 aromatic heterocycles. The summed E-state index contributed by atoms with van der Waals surface area (Å²) in [7, 11) is -4.29. The van der Waals surface area contributed by atoms with Gasteiger partial charge in [-0.1, -0.05) is 0 Å². The van der Waals surface area contributed by atoms with Crippen LogP contribution in [0.3, 0.4) is 0 Å². The number of nitrogen functional groups attached to an aromatic ring is 1. The Kier molecular flexibility index (Phi) is 3.68. The Labute approximate surface area is 113 Å². The van der Waals surface area contributed by atoms with Crippen LogP contribution < -0.4 is 10.5 Å². The Balaban J connectivity index is 2.36. The lowest BCUT2D eigenvalue weighted by molar-refractivity contribution is 0.482. The van der Waals surface area contributed by atoms with E-state index in [1.54, 1.807) is 0 Å². The van der Waals surface area contributed by atoms with Crippen LogP contribution in [0.4, 0.5) is 14.5 Å². The minimum Gasteiger partial charge on any atom is -0.399 e. The van der Waals surface area contributed by atoms with Gasteiger partial charge in [0.05, 0.1) is 6.04 Å². The molecule has 7 nitrogen and oxygen atoms in total. The highest BCUT2D eigenvalue weighted by molar-refractivity contribution is 7.89. The van der Waals surface area contributed by atoms with Crippen molar-refractivity contribution in [2.24, 2.45) is 0 Å². The number of nitrogens with zero attached hydrogens (tertiary/aromatic N) is 2. The van der Waals surface area contributed by atoms with E-state index < -0.39 is 32.6 Å². The topological polar surface area (TPSA) is 114 Å². The summed E-state index contributed by atoms with van der Waals surface area (Å²) >= 11 is 0. The Morgan fingerprint density at radius 2 is 2.10 bits per heavy atom. The van der Waals surface area contributed by atoms with Crippen molar-refractivity contribution >= 4 is 15.7 Å². The van der Waals surface area contributed by atoms with Crippen LogP contribution in [0.2, 0.25) is 0 Å². The second-order valence-electron chi connectivity index (χ2n) is 4.03. The van der Waals surface area contributed by atoms with Gasteiger partial charge in [0.25, 0.3) is 0 Å². The molecule has 10 heteroatoms. The van der Waals surface area contributed by atoms with E-state index in [1.165, 1.54) is 13.3 Å². The molecule has 2 rings (SSSR count). The maximum atomic E-state index is 13.6. The minimum absolute atomic E-state index is 0.198. The average Bonchev–Trinajstić information content (AvgIpc) is 2.86. The molecular weight excluding hydrogens is 292 g/mol. The summed E-state index contributed by atoms with van der Waals surface area (Å²) in [6.45, 7) is 1.47. The maximum Gasteiger partial charge on any atom is 0.244 e. The van der Waals surface area contributed by atoms with E-state index in [1.807, 2.05) is 0 Å². The van der Waals surface area contributed by atoms with E-state index in [2.05, 4.69) is 19.9 Å². The molecule has 2 aromatic rings. The number of aromatic amines is 1. The van der Waals surface area contributed by atoms with Crippen LogP contribution in [0.25, 0.3) is 0 Å². The molecule has 0 fully saturated rings. The Bertz CT molecular complexity index is 717. The number of nitrogens with one attached hydrogen (secondary N) is 2. The molecule has 20 heavy (non-hydrogen) atoms. The number of aromatic nitrogens is 3. The van der Waals surface area contributed by atoms with Gasteiger partial charge in [-0.2, -0.15) is 5.10 Å². The predicted molar refractivity (Wildman–Crippen MR) is 65.9 cm³/mol. The number of halogens is 2. The molecule has 1 atom stereocenters. The third kappa shape index (κ3) is 2.75.